The van der Waals surface area contributed by atoms with Gasteiger partial charge in [-0.05, 0) is 29.8 Å². The number of amides is 1. The molecule has 0 saturated carbocycles. The number of nitrogens with zero attached hydrogens (tertiary/aromatic N) is 2. The van der Waals surface area contributed by atoms with Gasteiger partial charge in [-0.25, -0.2) is 10.5 Å². The highest BCUT2D eigenvalue weighted by molar-refractivity contribution is 6.12. The molecule has 0 radical (unpaired) electrons. The van der Waals surface area contributed by atoms with E-state index in [1.54, 1.807) is 41.9 Å². The van der Waals surface area contributed by atoms with Crippen LogP contribution in [0, 0.1) is 10.1 Å². The zero-order chi connectivity index (χ0) is 23.7. The van der Waals surface area contributed by atoms with Gasteiger partial charge in [-0.2, -0.15) is 0 Å². The third-order valence-electron chi connectivity index (χ3n) is 5.62. The van der Waals surface area contributed by atoms with Gasteiger partial charge in [0.05, 0.1) is 16.1 Å². The molecule has 5 aromatic rings. The van der Waals surface area contributed by atoms with Crippen molar-refractivity contribution in [3.8, 4) is 11.3 Å². The molecule has 0 unspecified atom stereocenters. The Bertz CT molecular complexity index is 1540. The third-order valence-corrected chi connectivity index (χ3v) is 5.62. The van der Waals surface area contributed by atoms with Crippen LogP contribution in [0.4, 0.5) is 11.5 Å². The van der Waals surface area contributed by atoms with E-state index < -0.39 is 10.8 Å². The maximum Gasteiger partial charge on any atom is 0.274 e. The lowest BCUT2D eigenvalue weighted by atomic mass is 10.1. The molecule has 5 rings (SSSR count). The molecule has 0 atom stereocenters. The van der Waals surface area contributed by atoms with E-state index in [9.17, 15) is 14.9 Å². The Morgan fingerprint density at radius 1 is 1.00 bits per heavy atom. The Morgan fingerprint density at radius 2 is 1.79 bits per heavy atom. The lowest BCUT2D eigenvalue weighted by Crippen LogP contribution is -2.18. The van der Waals surface area contributed by atoms with Gasteiger partial charge in [0.15, 0.2) is 0 Å². The predicted molar refractivity (Wildman–Crippen MR) is 129 cm³/mol. The molecule has 0 saturated heterocycles. The summed E-state index contributed by atoms with van der Waals surface area (Å²) in [6, 6.07) is 23.1. The monoisotopic (exact) mass is 453 g/mol. The van der Waals surface area contributed by atoms with Crippen LogP contribution in [0.15, 0.2) is 78.9 Å². The van der Waals surface area contributed by atoms with E-state index in [4.69, 9.17) is 10.2 Å². The number of nitro benzene ring substituents is 1. The van der Waals surface area contributed by atoms with Crippen molar-refractivity contribution in [1.29, 1.82) is 0 Å². The van der Waals surface area contributed by atoms with Gasteiger partial charge in [0.25, 0.3) is 11.6 Å². The second-order valence-corrected chi connectivity index (χ2v) is 7.75. The number of benzene rings is 3. The van der Waals surface area contributed by atoms with Crippen LogP contribution in [0.1, 0.15) is 15.9 Å². The largest absolute Gasteiger partial charge is 0.366 e. The molecular weight excluding hydrogens is 434 g/mol. The molecule has 2 heterocycles. The summed E-state index contributed by atoms with van der Waals surface area (Å²) in [4.78, 5) is 30.6. The number of hydrogen-bond donors (Lipinski definition) is 4. The topological polar surface area (TPSA) is 133 Å². The van der Waals surface area contributed by atoms with Crippen molar-refractivity contribution >= 4 is 39.2 Å². The number of nitro groups is 1. The number of carbonyl (C=O) groups is 1. The number of nitrogens with one attached hydrogen (secondary N) is 3. The fraction of sp³-hybridized carbons (Fsp3) is 0.0400. The van der Waals surface area contributed by atoms with Crippen LogP contribution in [0.3, 0.4) is 0 Å². The molecule has 0 aliphatic rings. The van der Waals surface area contributed by atoms with Gasteiger partial charge < -0.3 is 10.3 Å². The van der Waals surface area contributed by atoms with Gasteiger partial charge in [-0.1, -0.05) is 42.5 Å². The Labute approximate surface area is 193 Å². The molecule has 34 heavy (non-hydrogen) atoms. The molecule has 1 amide bonds. The normalized spacial score (nSPS) is 11.0. The van der Waals surface area contributed by atoms with E-state index in [1.807, 2.05) is 30.3 Å². The first-order chi connectivity index (χ1) is 16.5. The molecule has 0 aliphatic carbocycles. The van der Waals surface area contributed by atoms with Crippen molar-refractivity contribution in [3.05, 3.63) is 100 Å². The van der Waals surface area contributed by atoms with Crippen LogP contribution in [0.25, 0.3) is 33.1 Å². The minimum atomic E-state index is -0.576. The van der Waals surface area contributed by atoms with Gasteiger partial charge in [-0.3, -0.25) is 20.1 Å². The Balaban J connectivity index is 1.56. The number of hydroxylamine groups is 1. The van der Waals surface area contributed by atoms with Crippen LogP contribution >= 0.6 is 0 Å². The Morgan fingerprint density at radius 3 is 2.56 bits per heavy atom. The van der Waals surface area contributed by atoms with Gasteiger partial charge in [-0.15, -0.1) is 0 Å². The van der Waals surface area contributed by atoms with Crippen molar-refractivity contribution in [2.45, 2.75) is 6.54 Å². The maximum atomic E-state index is 11.5. The first kappa shape index (κ1) is 21.1. The summed E-state index contributed by atoms with van der Waals surface area (Å²) < 4.78 is 0. The molecule has 168 valence electrons. The van der Waals surface area contributed by atoms with Crippen LogP contribution in [0.5, 0.6) is 0 Å². The van der Waals surface area contributed by atoms with E-state index >= 15 is 0 Å². The van der Waals surface area contributed by atoms with Crippen molar-refractivity contribution in [1.82, 2.24) is 15.4 Å². The maximum absolute atomic E-state index is 11.5. The van der Waals surface area contributed by atoms with E-state index in [0.717, 1.165) is 27.4 Å². The molecule has 0 bridgehead atoms. The summed E-state index contributed by atoms with van der Waals surface area (Å²) in [5.41, 5.74) is 5.84. The highest BCUT2D eigenvalue weighted by atomic mass is 16.6. The van der Waals surface area contributed by atoms with E-state index in [-0.39, 0.29) is 5.69 Å². The average molecular weight is 453 g/mol. The molecule has 9 heteroatoms. The Hall–Kier alpha value is -4.76. The van der Waals surface area contributed by atoms with Crippen molar-refractivity contribution in [2.75, 3.05) is 5.32 Å². The van der Waals surface area contributed by atoms with Crippen LogP contribution in [-0.4, -0.2) is 26.0 Å². The number of hydrogen-bond acceptors (Lipinski definition) is 6. The number of aromatic nitrogens is 2. The number of non-ortho nitro benzene ring substituents is 1. The third kappa shape index (κ3) is 3.91. The first-order valence-electron chi connectivity index (χ1n) is 10.5. The SMILES string of the molecule is O=C(NO)c1ccc(CNc2cc3c([nH]c4ccccc43)c(-c3cccc([N+](=O)[O-])c3)n2)cc1. The summed E-state index contributed by atoms with van der Waals surface area (Å²) in [6.45, 7) is 0.441. The fourth-order valence-electron chi connectivity index (χ4n) is 3.94. The number of H-pyrrole nitrogens is 1. The van der Waals surface area contributed by atoms with Crippen molar-refractivity contribution < 1.29 is 14.9 Å². The summed E-state index contributed by atoms with van der Waals surface area (Å²) in [5, 5.41) is 25.4. The standard InChI is InChI=1S/C25H19N5O4/c31-25(29-32)16-10-8-15(9-11-16)14-26-22-13-20-19-6-1-2-7-21(19)27-24(20)23(28-22)17-4-3-5-18(12-17)30(33)34/h1-13,27,32H,14H2,(H,26,28)(H,29,31). The second-order valence-electron chi connectivity index (χ2n) is 7.75. The molecule has 9 nitrogen and oxygen atoms in total. The van der Waals surface area contributed by atoms with Gasteiger partial charge in [0.1, 0.15) is 5.82 Å². The highest BCUT2D eigenvalue weighted by Crippen LogP contribution is 2.35. The summed E-state index contributed by atoms with van der Waals surface area (Å²) in [7, 11) is 0. The van der Waals surface area contributed by atoms with Crippen molar-refractivity contribution in [2.24, 2.45) is 0 Å². The summed E-state index contributed by atoms with van der Waals surface area (Å²) >= 11 is 0. The summed E-state index contributed by atoms with van der Waals surface area (Å²) in [6.07, 6.45) is 0. The lowest BCUT2D eigenvalue weighted by Gasteiger charge is -2.10. The van der Waals surface area contributed by atoms with E-state index in [1.165, 1.54) is 12.1 Å². The number of aromatic amines is 1. The van der Waals surface area contributed by atoms with Crippen LogP contribution in [-0.2, 0) is 6.54 Å². The number of rotatable bonds is 6. The molecular formula is C25H19N5O4. The molecule has 4 N–H and O–H groups in total. The Kier molecular flexibility index (Phi) is 5.36. The molecule has 0 aliphatic heterocycles. The predicted octanol–water partition coefficient (Wildman–Crippen LogP) is 5.02. The molecule has 3 aromatic carbocycles. The van der Waals surface area contributed by atoms with Crippen LogP contribution < -0.4 is 10.8 Å². The summed E-state index contributed by atoms with van der Waals surface area (Å²) in [5.74, 6) is 0.0310. The minimum absolute atomic E-state index is 0.00562. The molecule has 2 aromatic heterocycles. The average Bonchev–Trinajstić information content (AvgIpc) is 3.25. The van der Waals surface area contributed by atoms with E-state index in [2.05, 4.69) is 10.3 Å². The number of carbonyl (C=O) groups excluding carboxylic acids is 1. The molecule has 0 spiro atoms. The molecule has 0 fully saturated rings. The second kappa shape index (κ2) is 8.64. The number of fused-ring (bicyclic) bond motifs is 3. The number of para-hydroxylation sites is 1. The zero-order valence-electron chi connectivity index (χ0n) is 17.8. The number of anilines is 1. The lowest BCUT2D eigenvalue weighted by molar-refractivity contribution is -0.384. The zero-order valence-corrected chi connectivity index (χ0v) is 17.8. The van der Waals surface area contributed by atoms with Gasteiger partial charge in [0, 0.05) is 46.1 Å². The fourth-order valence-corrected chi connectivity index (χ4v) is 3.94. The number of pyridine rings is 1. The first-order valence-corrected chi connectivity index (χ1v) is 10.5. The van der Waals surface area contributed by atoms with Gasteiger partial charge in [0.2, 0.25) is 0 Å². The van der Waals surface area contributed by atoms with Gasteiger partial charge >= 0.3 is 0 Å². The quantitative estimate of drug-likeness (QED) is 0.162. The highest BCUT2D eigenvalue weighted by Gasteiger charge is 2.16. The smallest absolute Gasteiger partial charge is 0.274 e. The van der Waals surface area contributed by atoms with Crippen LogP contribution in [0.2, 0.25) is 0 Å². The van der Waals surface area contributed by atoms with E-state index in [0.29, 0.717) is 29.2 Å². The van der Waals surface area contributed by atoms with Crippen molar-refractivity contribution in [3.63, 3.8) is 0 Å². The minimum Gasteiger partial charge on any atom is -0.366 e.